The molecular formula is C21H23ClN2O3. The van der Waals surface area contributed by atoms with Crippen LogP contribution in [0.15, 0.2) is 48.5 Å². The third-order valence-corrected chi connectivity index (χ3v) is 4.87. The van der Waals surface area contributed by atoms with Crippen molar-refractivity contribution >= 4 is 29.1 Å². The number of hydrogen-bond acceptors (Lipinski definition) is 3. The first-order valence-electron chi connectivity index (χ1n) is 9.07. The van der Waals surface area contributed by atoms with Crippen molar-refractivity contribution in [3.63, 3.8) is 0 Å². The van der Waals surface area contributed by atoms with Crippen molar-refractivity contribution in [3.8, 4) is 0 Å². The number of carbonyl (C=O) groups is 2. The van der Waals surface area contributed by atoms with Crippen LogP contribution in [0.4, 0.5) is 5.69 Å². The molecule has 1 saturated heterocycles. The highest BCUT2D eigenvalue weighted by Crippen LogP contribution is 2.18. The summed E-state index contributed by atoms with van der Waals surface area (Å²) in [5.74, 6) is -0.156. The molecule has 1 unspecified atom stereocenters. The average Bonchev–Trinajstić information content (AvgIpc) is 2.67. The number of amides is 2. The monoisotopic (exact) mass is 386 g/mol. The van der Waals surface area contributed by atoms with Crippen LogP contribution in [0.3, 0.4) is 0 Å². The van der Waals surface area contributed by atoms with Gasteiger partial charge < -0.3 is 15.0 Å². The van der Waals surface area contributed by atoms with Crippen LogP contribution in [-0.4, -0.2) is 42.5 Å². The first kappa shape index (κ1) is 19.4. The quantitative estimate of drug-likeness (QED) is 0.850. The van der Waals surface area contributed by atoms with Gasteiger partial charge in [-0.25, -0.2) is 0 Å². The zero-order valence-electron chi connectivity index (χ0n) is 15.3. The third-order valence-electron chi connectivity index (χ3n) is 4.50. The molecule has 27 heavy (non-hydrogen) atoms. The van der Waals surface area contributed by atoms with Gasteiger partial charge in [0.05, 0.1) is 12.7 Å². The molecule has 2 amide bonds. The summed E-state index contributed by atoms with van der Waals surface area (Å²) in [7, 11) is 0. The van der Waals surface area contributed by atoms with Crippen molar-refractivity contribution in [1.82, 2.24) is 4.90 Å². The number of nitrogens with zero attached hydrogens (tertiary/aromatic N) is 1. The Hall–Kier alpha value is -2.37. The summed E-state index contributed by atoms with van der Waals surface area (Å²) in [5, 5.41) is 3.53. The molecule has 5 nitrogen and oxygen atoms in total. The minimum atomic E-state index is -0.112. The van der Waals surface area contributed by atoms with Gasteiger partial charge in [-0.2, -0.15) is 0 Å². The maximum Gasteiger partial charge on any atom is 0.254 e. The molecule has 1 aliphatic heterocycles. The number of nitrogens with one attached hydrogen (secondary N) is 1. The van der Waals surface area contributed by atoms with Crippen LogP contribution in [0, 0.1) is 0 Å². The van der Waals surface area contributed by atoms with Crippen molar-refractivity contribution in [2.24, 2.45) is 0 Å². The van der Waals surface area contributed by atoms with E-state index in [0.717, 1.165) is 5.56 Å². The van der Waals surface area contributed by atoms with Crippen LogP contribution in [0.5, 0.6) is 0 Å². The van der Waals surface area contributed by atoms with E-state index in [1.807, 2.05) is 31.2 Å². The van der Waals surface area contributed by atoms with E-state index in [1.165, 1.54) is 0 Å². The van der Waals surface area contributed by atoms with Gasteiger partial charge in [-0.1, -0.05) is 35.9 Å². The number of rotatable bonds is 5. The van der Waals surface area contributed by atoms with Gasteiger partial charge in [0, 0.05) is 35.8 Å². The number of halogens is 1. The summed E-state index contributed by atoms with van der Waals surface area (Å²) >= 11 is 6.12. The minimum Gasteiger partial charge on any atom is -0.375 e. The Morgan fingerprint density at radius 3 is 2.81 bits per heavy atom. The van der Waals surface area contributed by atoms with Crippen LogP contribution >= 0.6 is 11.6 Å². The molecule has 0 aromatic heterocycles. The molecule has 0 radical (unpaired) electrons. The number of morpholine rings is 1. The number of aryl methyl sites for hydroxylation is 1. The van der Waals surface area contributed by atoms with Gasteiger partial charge in [0.2, 0.25) is 5.91 Å². The molecule has 1 fully saturated rings. The lowest BCUT2D eigenvalue weighted by Crippen LogP contribution is -2.44. The lowest BCUT2D eigenvalue weighted by molar-refractivity contribution is -0.116. The van der Waals surface area contributed by atoms with E-state index in [9.17, 15) is 9.59 Å². The maximum atomic E-state index is 12.7. The molecule has 0 saturated carbocycles. The summed E-state index contributed by atoms with van der Waals surface area (Å²) in [4.78, 5) is 26.7. The number of benzene rings is 2. The summed E-state index contributed by atoms with van der Waals surface area (Å²) < 4.78 is 5.48. The molecule has 6 heteroatoms. The highest BCUT2D eigenvalue weighted by molar-refractivity contribution is 6.31. The average molecular weight is 387 g/mol. The van der Waals surface area contributed by atoms with Crippen LogP contribution in [0.2, 0.25) is 5.02 Å². The Kier molecular flexibility index (Phi) is 6.48. The standard InChI is InChI=1S/C21H23ClN2O3/c1-15-14-24(11-12-27-15)21(26)17-6-4-7-18(13-17)23-20(25)10-9-16-5-2-3-8-19(16)22/h2-8,13,15H,9-12,14H2,1H3,(H,23,25). The molecule has 0 aliphatic carbocycles. The lowest BCUT2D eigenvalue weighted by Gasteiger charge is -2.31. The zero-order valence-corrected chi connectivity index (χ0v) is 16.0. The van der Waals surface area contributed by atoms with Crippen LogP contribution in [0.25, 0.3) is 0 Å². The van der Waals surface area contributed by atoms with Gasteiger partial charge in [-0.15, -0.1) is 0 Å². The number of carbonyl (C=O) groups excluding carboxylic acids is 2. The summed E-state index contributed by atoms with van der Waals surface area (Å²) in [6, 6.07) is 14.5. The van der Waals surface area contributed by atoms with E-state index < -0.39 is 0 Å². The molecule has 0 bridgehead atoms. The van der Waals surface area contributed by atoms with E-state index in [-0.39, 0.29) is 17.9 Å². The SMILES string of the molecule is CC1CN(C(=O)c2cccc(NC(=O)CCc3ccccc3Cl)c2)CCO1. The lowest BCUT2D eigenvalue weighted by atomic mass is 10.1. The Bertz CT molecular complexity index is 825. The van der Waals surface area contributed by atoms with Crippen LogP contribution in [-0.2, 0) is 16.0 Å². The summed E-state index contributed by atoms with van der Waals surface area (Å²) in [6.07, 6.45) is 0.925. The highest BCUT2D eigenvalue weighted by Gasteiger charge is 2.22. The number of anilines is 1. The van der Waals surface area contributed by atoms with Gasteiger partial charge in [-0.05, 0) is 43.2 Å². The van der Waals surface area contributed by atoms with Crippen molar-refractivity contribution in [2.75, 3.05) is 25.0 Å². The first-order valence-corrected chi connectivity index (χ1v) is 9.45. The second-order valence-corrected chi connectivity index (χ2v) is 7.06. The smallest absolute Gasteiger partial charge is 0.254 e. The summed E-state index contributed by atoms with van der Waals surface area (Å²) in [6.45, 7) is 3.66. The molecule has 1 N–H and O–H groups in total. The van der Waals surface area contributed by atoms with E-state index in [2.05, 4.69) is 5.32 Å². The second-order valence-electron chi connectivity index (χ2n) is 6.65. The molecule has 2 aromatic carbocycles. The predicted octanol–water partition coefficient (Wildman–Crippen LogP) is 3.77. The second kappa shape index (κ2) is 9.02. The maximum absolute atomic E-state index is 12.7. The summed E-state index contributed by atoms with van der Waals surface area (Å²) in [5.41, 5.74) is 2.12. The van der Waals surface area contributed by atoms with Crippen molar-refractivity contribution in [3.05, 3.63) is 64.7 Å². The normalized spacial score (nSPS) is 16.8. The number of hydrogen-bond donors (Lipinski definition) is 1. The van der Waals surface area contributed by atoms with Crippen LogP contribution < -0.4 is 5.32 Å². The van der Waals surface area contributed by atoms with Gasteiger partial charge in [0.25, 0.3) is 5.91 Å². The predicted molar refractivity (Wildman–Crippen MR) is 106 cm³/mol. The molecule has 3 rings (SSSR count). The van der Waals surface area contributed by atoms with E-state index in [1.54, 1.807) is 29.2 Å². The topological polar surface area (TPSA) is 58.6 Å². The molecular weight excluding hydrogens is 364 g/mol. The van der Waals surface area contributed by atoms with Crippen molar-refractivity contribution < 1.29 is 14.3 Å². The van der Waals surface area contributed by atoms with Gasteiger partial charge >= 0.3 is 0 Å². The Morgan fingerprint density at radius 1 is 1.22 bits per heavy atom. The van der Waals surface area contributed by atoms with E-state index in [0.29, 0.717) is 48.8 Å². The first-order chi connectivity index (χ1) is 13.0. The fourth-order valence-electron chi connectivity index (χ4n) is 3.09. The molecule has 1 heterocycles. The Balaban J connectivity index is 1.59. The van der Waals surface area contributed by atoms with Crippen molar-refractivity contribution in [2.45, 2.75) is 25.9 Å². The van der Waals surface area contributed by atoms with E-state index in [4.69, 9.17) is 16.3 Å². The van der Waals surface area contributed by atoms with Gasteiger partial charge in [0.1, 0.15) is 0 Å². The molecule has 2 aromatic rings. The third kappa shape index (κ3) is 5.31. The highest BCUT2D eigenvalue weighted by atomic mass is 35.5. The zero-order chi connectivity index (χ0) is 19.2. The Labute approximate surface area is 164 Å². The Morgan fingerprint density at radius 2 is 2.04 bits per heavy atom. The van der Waals surface area contributed by atoms with E-state index >= 15 is 0 Å². The molecule has 1 atom stereocenters. The minimum absolute atomic E-state index is 0.0374. The van der Waals surface area contributed by atoms with Crippen molar-refractivity contribution in [1.29, 1.82) is 0 Å². The van der Waals surface area contributed by atoms with Gasteiger partial charge in [-0.3, -0.25) is 9.59 Å². The molecule has 1 aliphatic rings. The fraction of sp³-hybridized carbons (Fsp3) is 0.333. The van der Waals surface area contributed by atoms with Crippen LogP contribution in [0.1, 0.15) is 29.3 Å². The largest absolute Gasteiger partial charge is 0.375 e. The molecule has 142 valence electrons. The fourth-order valence-corrected chi connectivity index (χ4v) is 3.32. The number of ether oxygens (including phenoxy) is 1. The van der Waals surface area contributed by atoms with Gasteiger partial charge in [0.15, 0.2) is 0 Å². The molecule has 0 spiro atoms.